The van der Waals surface area contributed by atoms with Crippen molar-refractivity contribution in [3.8, 4) is 0 Å². The van der Waals surface area contributed by atoms with Crippen LogP contribution in [0.3, 0.4) is 0 Å². The van der Waals surface area contributed by atoms with Gasteiger partial charge in [0.05, 0.1) is 12.6 Å². The number of halogens is 1. The van der Waals surface area contributed by atoms with Crippen LogP contribution in [0.4, 0.5) is 5.82 Å². The normalized spacial score (nSPS) is 13.4. The summed E-state index contributed by atoms with van der Waals surface area (Å²) in [7, 11) is 1.69. The van der Waals surface area contributed by atoms with Gasteiger partial charge in [0, 0.05) is 18.6 Å². The fourth-order valence-corrected chi connectivity index (χ4v) is 1.68. The molecule has 18 heavy (non-hydrogen) atoms. The number of rotatable bonds is 5. The molecule has 1 heterocycles. The second kappa shape index (κ2) is 6.34. The van der Waals surface area contributed by atoms with Gasteiger partial charge in [-0.2, -0.15) is 0 Å². The highest BCUT2D eigenvalue weighted by Gasteiger charge is 2.19. The maximum absolute atomic E-state index is 6.04. The molecule has 0 aliphatic heterocycles. The molecule has 1 atom stereocenters. The number of hydrogen-bond donors (Lipinski definition) is 1. The Morgan fingerprint density at radius 1 is 1.39 bits per heavy atom. The maximum Gasteiger partial charge on any atom is 0.137 e. The zero-order valence-corrected chi connectivity index (χ0v) is 12.5. The molecular weight excluding hydrogens is 250 g/mol. The van der Waals surface area contributed by atoms with E-state index in [0.29, 0.717) is 11.8 Å². The fraction of sp³-hybridized carbons (Fsp3) is 0.692. The van der Waals surface area contributed by atoms with Crippen LogP contribution in [-0.2, 0) is 10.2 Å². The molecule has 0 saturated heterocycles. The summed E-state index contributed by atoms with van der Waals surface area (Å²) in [5.74, 6) is 1.49. The summed E-state index contributed by atoms with van der Waals surface area (Å²) in [5, 5.41) is 3.79. The predicted octanol–water partition coefficient (Wildman–Crippen LogP) is 3.26. The first-order valence-electron chi connectivity index (χ1n) is 6.17. The standard InChI is InChI=1S/C13H22ClN3O/c1-6-9(8-18-5)15-11-7-10(14)16-12(17-11)13(2,3)4/h7,9H,6,8H2,1-5H3,(H,15,16,17). The summed E-state index contributed by atoms with van der Waals surface area (Å²) < 4.78 is 5.16. The van der Waals surface area contributed by atoms with Crippen molar-refractivity contribution in [2.45, 2.75) is 45.6 Å². The number of aromatic nitrogens is 2. The van der Waals surface area contributed by atoms with Gasteiger partial charge in [-0.15, -0.1) is 0 Å². The summed E-state index contributed by atoms with van der Waals surface area (Å²) in [6, 6.07) is 1.98. The number of methoxy groups -OCH3 is 1. The summed E-state index contributed by atoms with van der Waals surface area (Å²) in [4.78, 5) is 8.78. The highest BCUT2D eigenvalue weighted by atomic mass is 35.5. The Labute approximate surface area is 114 Å². The first kappa shape index (κ1) is 15.2. The average molecular weight is 272 g/mol. The molecule has 0 aliphatic rings. The largest absolute Gasteiger partial charge is 0.383 e. The number of nitrogens with one attached hydrogen (secondary N) is 1. The van der Waals surface area contributed by atoms with Gasteiger partial charge in [-0.1, -0.05) is 39.3 Å². The van der Waals surface area contributed by atoms with Crippen LogP contribution in [0.5, 0.6) is 0 Å². The van der Waals surface area contributed by atoms with Crippen LogP contribution in [-0.4, -0.2) is 29.7 Å². The van der Waals surface area contributed by atoms with Crippen LogP contribution in [0.2, 0.25) is 5.15 Å². The van der Waals surface area contributed by atoms with Gasteiger partial charge in [-0.3, -0.25) is 0 Å². The summed E-state index contributed by atoms with van der Waals surface area (Å²) in [6.45, 7) is 8.94. The molecular formula is C13H22ClN3O. The molecule has 102 valence electrons. The van der Waals surface area contributed by atoms with Crippen molar-refractivity contribution >= 4 is 17.4 Å². The quantitative estimate of drug-likeness (QED) is 0.835. The minimum atomic E-state index is -0.121. The third-order valence-corrected chi connectivity index (χ3v) is 2.77. The third-order valence-electron chi connectivity index (χ3n) is 2.58. The van der Waals surface area contributed by atoms with Gasteiger partial charge >= 0.3 is 0 Å². The van der Waals surface area contributed by atoms with E-state index in [1.807, 2.05) is 0 Å². The molecule has 0 spiro atoms. The van der Waals surface area contributed by atoms with Crippen LogP contribution in [0.15, 0.2) is 6.07 Å². The number of nitrogens with zero attached hydrogens (tertiary/aromatic N) is 2. The monoisotopic (exact) mass is 271 g/mol. The Bertz CT molecular complexity index is 390. The van der Waals surface area contributed by atoms with Crippen molar-refractivity contribution in [1.29, 1.82) is 0 Å². The molecule has 0 amide bonds. The van der Waals surface area contributed by atoms with Crippen molar-refractivity contribution in [2.75, 3.05) is 19.0 Å². The van der Waals surface area contributed by atoms with Crippen LogP contribution in [0.25, 0.3) is 0 Å². The van der Waals surface area contributed by atoms with Gasteiger partial charge in [0.15, 0.2) is 0 Å². The average Bonchev–Trinajstić information content (AvgIpc) is 2.26. The first-order valence-corrected chi connectivity index (χ1v) is 6.55. The zero-order valence-electron chi connectivity index (χ0n) is 11.7. The molecule has 0 saturated carbocycles. The van der Waals surface area contributed by atoms with Crippen molar-refractivity contribution < 1.29 is 4.74 Å². The van der Waals surface area contributed by atoms with E-state index >= 15 is 0 Å². The lowest BCUT2D eigenvalue weighted by molar-refractivity contribution is 0.184. The van der Waals surface area contributed by atoms with E-state index in [9.17, 15) is 0 Å². The fourth-order valence-electron chi connectivity index (χ4n) is 1.50. The molecule has 0 bridgehead atoms. The highest BCUT2D eigenvalue weighted by Crippen LogP contribution is 2.22. The first-order chi connectivity index (χ1) is 8.36. The van der Waals surface area contributed by atoms with Crippen LogP contribution < -0.4 is 5.32 Å². The maximum atomic E-state index is 6.04. The minimum Gasteiger partial charge on any atom is -0.383 e. The van der Waals surface area contributed by atoms with Crippen LogP contribution in [0, 0.1) is 0 Å². The van der Waals surface area contributed by atoms with Gasteiger partial charge in [-0.05, 0) is 6.42 Å². The van der Waals surface area contributed by atoms with E-state index in [-0.39, 0.29) is 11.5 Å². The molecule has 5 heteroatoms. The third kappa shape index (κ3) is 4.42. The van der Waals surface area contributed by atoms with Gasteiger partial charge in [0.2, 0.25) is 0 Å². The second-order valence-electron chi connectivity index (χ2n) is 5.35. The lowest BCUT2D eigenvalue weighted by Gasteiger charge is -2.20. The Morgan fingerprint density at radius 3 is 2.56 bits per heavy atom. The van der Waals surface area contributed by atoms with Crippen molar-refractivity contribution in [1.82, 2.24) is 9.97 Å². The number of anilines is 1. The van der Waals surface area contributed by atoms with Crippen molar-refractivity contribution in [2.24, 2.45) is 0 Å². The van der Waals surface area contributed by atoms with Crippen molar-refractivity contribution in [3.05, 3.63) is 17.0 Å². The Hall–Kier alpha value is -0.870. The molecule has 1 aromatic heterocycles. The van der Waals surface area contributed by atoms with E-state index < -0.39 is 0 Å². The molecule has 1 N–H and O–H groups in total. The molecule has 1 aromatic rings. The predicted molar refractivity (Wildman–Crippen MR) is 75.3 cm³/mol. The van der Waals surface area contributed by atoms with Crippen LogP contribution in [0.1, 0.15) is 39.9 Å². The van der Waals surface area contributed by atoms with E-state index in [4.69, 9.17) is 16.3 Å². The van der Waals surface area contributed by atoms with Gasteiger partial charge < -0.3 is 10.1 Å². The zero-order chi connectivity index (χ0) is 13.8. The summed E-state index contributed by atoms with van der Waals surface area (Å²) >= 11 is 6.04. The molecule has 1 rings (SSSR count). The van der Waals surface area contributed by atoms with Gasteiger partial charge in [0.25, 0.3) is 0 Å². The molecule has 0 fully saturated rings. The minimum absolute atomic E-state index is 0.121. The SMILES string of the molecule is CCC(COC)Nc1cc(Cl)nc(C(C)(C)C)n1. The van der Waals surface area contributed by atoms with E-state index in [1.165, 1.54) is 0 Å². The lowest BCUT2D eigenvalue weighted by Crippen LogP contribution is -2.25. The number of hydrogen-bond acceptors (Lipinski definition) is 4. The lowest BCUT2D eigenvalue weighted by atomic mass is 9.96. The molecule has 4 nitrogen and oxygen atoms in total. The number of ether oxygens (including phenoxy) is 1. The summed E-state index contributed by atoms with van der Waals surface area (Å²) in [5.41, 5.74) is -0.121. The molecule has 1 unspecified atom stereocenters. The topological polar surface area (TPSA) is 47.0 Å². The Kier molecular flexibility index (Phi) is 5.35. The Balaban J connectivity index is 2.92. The second-order valence-corrected chi connectivity index (χ2v) is 5.74. The summed E-state index contributed by atoms with van der Waals surface area (Å²) in [6.07, 6.45) is 0.959. The van der Waals surface area contributed by atoms with Crippen molar-refractivity contribution in [3.63, 3.8) is 0 Å². The molecule has 0 radical (unpaired) electrons. The molecule has 0 aliphatic carbocycles. The molecule has 0 aromatic carbocycles. The van der Waals surface area contributed by atoms with Gasteiger partial charge in [0.1, 0.15) is 16.8 Å². The van der Waals surface area contributed by atoms with E-state index in [0.717, 1.165) is 18.1 Å². The van der Waals surface area contributed by atoms with E-state index in [2.05, 4.69) is 43.0 Å². The van der Waals surface area contributed by atoms with E-state index in [1.54, 1.807) is 13.2 Å². The highest BCUT2D eigenvalue weighted by molar-refractivity contribution is 6.29. The Morgan fingerprint density at radius 2 is 2.06 bits per heavy atom. The van der Waals surface area contributed by atoms with Crippen LogP contribution >= 0.6 is 11.6 Å². The van der Waals surface area contributed by atoms with Gasteiger partial charge in [-0.25, -0.2) is 9.97 Å². The smallest absolute Gasteiger partial charge is 0.137 e.